The number of para-hydroxylation sites is 1. The van der Waals surface area contributed by atoms with Crippen LogP contribution in [-0.2, 0) is 13.1 Å². The van der Waals surface area contributed by atoms with Crippen LogP contribution in [0.1, 0.15) is 22.5 Å². The zero-order valence-corrected chi connectivity index (χ0v) is 17.3. The summed E-state index contributed by atoms with van der Waals surface area (Å²) in [6.07, 6.45) is 1.02. The molecule has 0 aliphatic heterocycles. The van der Waals surface area contributed by atoms with Crippen LogP contribution in [0, 0.1) is 13.8 Å². The molecule has 0 aliphatic carbocycles. The second kappa shape index (κ2) is 10.1. The van der Waals surface area contributed by atoms with Gasteiger partial charge < -0.3 is 19.0 Å². The molecule has 5 heteroatoms. The SMILES string of the molecule is COc1ccccc1CN(Cc1ccco1)CC(O)COc1ccc(C)c(C)c1. The molecule has 154 valence electrons. The number of aryl methyl sites for hydroxylation is 2. The molecule has 0 radical (unpaired) electrons. The first-order chi connectivity index (χ1) is 14.0. The first-order valence-corrected chi connectivity index (χ1v) is 9.80. The fourth-order valence-corrected chi connectivity index (χ4v) is 3.23. The molecule has 0 saturated heterocycles. The van der Waals surface area contributed by atoms with Crippen molar-refractivity contribution >= 4 is 0 Å². The van der Waals surface area contributed by atoms with Crippen LogP contribution in [0.2, 0.25) is 0 Å². The van der Waals surface area contributed by atoms with Crippen LogP contribution >= 0.6 is 0 Å². The van der Waals surface area contributed by atoms with Gasteiger partial charge in [-0.25, -0.2) is 0 Å². The standard InChI is InChI=1S/C24H29NO4/c1-18-10-11-22(13-19(18)2)29-17-21(26)15-25(16-23-8-6-12-28-23)14-20-7-4-5-9-24(20)27-3/h4-13,21,26H,14-17H2,1-3H3. The maximum Gasteiger partial charge on any atom is 0.123 e. The van der Waals surface area contributed by atoms with Crippen molar-refractivity contribution < 1.29 is 19.0 Å². The van der Waals surface area contributed by atoms with E-state index in [-0.39, 0.29) is 6.61 Å². The predicted molar refractivity (Wildman–Crippen MR) is 113 cm³/mol. The van der Waals surface area contributed by atoms with Gasteiger partial charge in [0, 0.05) is 18.7 Å². The Hall–Kier alpha value is -2.76. The molecule has 2 aromatic carbocycles. The molecule has 0 fully saturated rings. The molecule has 0 amide bonds. The van der Waals surface area contributed by atoms with Crippen molar-refractivity contribution in [3.63, 3.8) is 0 Å². The summed E-state index contributed by atoms with van der Waals surface area (Å²) in [5.74, 6) is 2.45. The average molecular weight is 395 g/mol. The van der Waals surface area contributed by atoms with E-state index in [2.05, 4.69) is 18.7 Å². The first kappa shape index (κ1) is 21.0. The number of rotatable bonds is 10. The van der Waals surface area contributed by atoms with Gasteiger partial charge in [0.05, 0.1) is 19.9 Å². The Morgan fingerprint density at radius 3 is 2.55 bits per heavy atom. The van der Waals surface area contributed by atoms with Gasteiger partial charge in [0.2, 0.25) is 0 Å². The van der Waals surface area contributed by atoms with Gasteiger partial charge in [0.1, 0.15) is 30.0 Å². The van der Waals surface area contributed by atoms with Gasteiger partial charge in [-0.3, -0.25) is 4.90 Å². The fourth-order valence-electron chi connectivity index (χ4n) is 3.23. The largest absolute Gasteiger partial charge is 0.496 e. The minimum atomic E-state index is -0.638. The molecule has 29 heavy (non-hydrogen) atoms. The number of hydrogen-bond donors (Lipinski definition) is 1. The minimum Gasteiger partial charge on any atom is -0.496 e. The van der Waals surface area contributed by atoms with E-state index in [1.807, 2.05) is 54.6 Å². The van der Waals surface area contributed by atoms with Crippen molar-refractivity contribution in [3.05, 3.63) is 83.3 Å². The number of nitrogens with zero attached hydrogens (tertiary/aromatic N) is 1. The summed E-state index contributed by atoms with van der Waals surface area (Å²) in [4.78, 5) is 2.13. The number of benzene rings is 2. The Bertz CT molecular complexity index is 892. The highest BCUT2D eigenvalue weighted by Crippen LogP contribution is 2.21. The number of ether oxygens (including phenoxy) is 2. The molecule has 3 aromatic rings. The van der Waals surface area contributed by atoms with Crippen molar-refractivity contribution in [2.75, 3.05) is 20.3 Å². The predicted octanol–water partition coefficient (Wildman–Crippen LogP) is 4.35. The van der Waals surface area contributed by atoms with E-state index in [1.54, 1.807) is 13.4 Å². The summed E-state index contributed by atoms with van der Waals surface area (Å²) in [6, 6.07) is 17.7. The van der Waals surface area contributed by atoms with E-state index in [4.69, 9.17) is 13.9 Å². The van der Waals surface area contributed by atoms with Crippen molar-refractivity contribution in [1.29, 1.82) is 0 Å². The maximum atomic E-state index is 10.6. The van der Waals surface area contributed by atoms with Gasteiger partial charge in [-0.2, -0.15) is 0 Å². The third kappa shape index (κ3) is 6.11. The topological polar surface area (TPSA) is 55.1 Å². The molecule has 5 nitrogen and oxygen atoms in total. The molecule has 1 heterocycles. The summed E-state index contributed by atoms with van der Waals surface area (Å²) < 4.78 is 16.8. The smallest absolute Gasteiger partial charge is 0.123 e. The highest BCUT2D eigenvalue weighted by Gasteiger charge is 2.16. The lowest BCUT2D eigenvalue weighted by Gasteiger charge is -2.25. The van der Waals surface area contributed by atoms with Crippen LogP contribution < -0.4 is 9.47 Å². The van der Waals surface area contributed by atoms with E-state index in [0.717, 1.165) is 22.8 Å². The number of hydrogen-bond acceptors (Lipinski definition) is 5. The van der Waals surface area contributed by atoms with Crippen LogP contribution in [0.3, 0.4) is 0 Å². The quantitative estimate of drug-likeness (QED) is 0.553. The summed E-state index contributed by atoms with van der Waals surface area (Å²) >= 11 is 0. The van der Waals surface area contributed by atoms with E-state index >= 15 is 0 Å². The lowest BCUT2D eigenvalue weighted by Crippen LogP contribution is -2.35. The monoisotopic (exact) mass is 395 g/mol. The normalized spacial score (nSPS) is 12.2. The van der Waals surface area contributed by atoms with E-state index in [0.29, 0.717) is 19.6 Å². The highest BCUT2D eigenvalue weighted by atomic mass is 16.5. The van der Waals surface area contributed by atoms with Crippen LogP contribution in [0.4, 0.5) is 0 Å². The molecule has 0 bridgehead atoms. The lowest BCUT2D eigenvalue weighted by atomic mass is 10.1. The van der Waals surface area contributed by atoms with Crippen molar-refractivity contribution in [2.24, 2.45) is 0 Å². The van der Waals surface area contributed by atoms with Crippen LogP contribution in [0.5, 0.6) is 11.5 Å². The number of furan rings is 1. The van der Waals surface area contributed by atoms with Gasteiger partial charge in [0.25, 0.3) is 0 Å². The Labute approximate surface area is 172 Å². The molecule has 1 atom stereocenters. The number of methoxy groups -OCH3 is 1. The Kier molecular flexibility index (Phi) is 7.33. The van der Waals surface area contributed by atoms with Crippen molar-refractivity contribution in [1.82, 2.24) is 4.90 Å². The molecular weight excluding hydrogens is 366 g/mol. The third-order valence-corrected chi connectivity index (χ3v) is 4.94. The average Bonchev–Trinajstić information content (AvgIpc) is 3.22. The lowest BCUT2D eigenvalue weighted by molar-refractivity contribution is 0.0601. The molecule has 1 unspecified atom stereocenters. The van der Waals surface area contributed by atoms with E-state index in [1.165, 1.54) is 11.1 Å². The Balaban J connectivity index is 1.64. The van der Waals surface area contributed by atoms with E-state index < -0.39 is 6.10 Å². The summed E-state index contributed by atoms with van der Waals surface area (Å²) in [5, 5.41) is 10.6. The summed E-state index contributed by atoms with van der Waals surface area (Å²) in [6.45, 7) is 6.01. The fraction of sp³-hybridized carbons (Fsp3) is 0.333. The second-order valence-corrected chi connectivity index (χ2v) is 7.27. The molecule has 1 N–H and O–H groups in total. The zero-order chi connectivity index (χ0) is 20.6. The van der Waals surface area contributed by atoms with Crippen LogP contribution in [0.25, 0.3) is 0 Å². The second-order valence-electron chi connectivity index (χ2n) is 7.27. The molecule has 0 saturated carbocycles. The summed E-state index contributed by atoms with van der Waals surface area (Å²) in [7, 11) is 1.67. The van der Waals surface area contributed by atoms with Crippen LogP contribution in [-0.4, -0.2) is 36.4 Å². The summed E-state index contributed by atoms with van der Waals surface area (Å²) in [5.41, 5.74) is 3.45. The van der Waals surface area contributed by atoms with E-state index in [9.17, 15) is 5.11 Å². The number of aliphatic hydroxyl groups is 1. The third-order valence-electron chi connectivity index (χ3n) is 4.94. The van der Waals surface area contributed by atoms with Crippen LogP contribution in [0.15, 0.2) is 65.3 Å². The highest BCUT2D eigenvalue weighted by molar-refractivity contribution is 5.34. The Morgan fingerprint density at radius 2 is 1.83 bits per heavy atom. The molecule has 3 rings (SSSR count). The first-order valence-electron chi connectivity index (χ1n) is 9.80. The molecular formula is C24H29NO4. The maximum absolute atomic E-state index is 10.6. The van der Waals surface area contributed by atoms with Gasteiger partial charge in [-0.05, 0) is 55.3 Å². The molecule has 0 aliphatic rings. The van der Waals surface area contributed by atoms with Gasteiger partial charge in [-0.1, -0.05) is 24.3 Å². The van der Waals surface area contributed by atoms with Gasteiger partial charge in [0.15, 0.2) is 0 Å². The zero-order valence-electron chi connectivity index (χ0n) is 17.3. The molecule has 1 aromatic heterocycles. The Morgan fingerprint density at radius 1 is 1.00 bits per heavy atom. The van der Waals surface area contributed by atoms with Crippen molar-refractivity contribution in [3.8, 4) is 11.5 Å². The molecule has 0 spiro atoms. The number of aliphatic hydroxyl groups excluding tert-OH is 1. The van der Waals surface area contributed by atoms with Gasteiger partial charge >= 0.3 is 0 Å². The van der Waals surface area contributed by atoms with Crippen molar-refractivity contribution in [2.45, 2.75) is 33.0 Å². The van der Waals surface area contributed by atoms with Gasteiger partial charge in [-0.15, -0.1) is 0 Å². The minimum absolute atomic E-state index is 0.225.